The van der Waals surface area contributed by atoms with E-state index >= 15 is 0 Å². The average Bonchev–Trinajstić information content (AvgIpc) is 3.27. The second kappa shape index (κ2) is 18.7. The van der Waals surface area contributed by atoms with Gasteiger partial charge < -0.3 is 9.80 Å². The van der Waals surface area contributed by atoms with E-state index in [1.165, 1.54) is 69.0 Å². The average molecular weight is 769 g/mol. The second-order valence-electron chi connectivity index (χ2n) is 17.6. The van der Waals surface area contributed by atoms with Gasteiger partial charge in [0.25, 0.3) is 0 Å². The number of benzene rings is 6. The molecule has 0 aliphatic heterocycles. The Kier molecular flexibility index (Phi) is 13.7. The molecule has 2 nitrogen and oxygen atoms in total. The van der Waals surface area contributed by atoms with Crippen LogP contribution in [0.15, 0.2) is 146 Å². The van der Waals surface area contributed by atoms with Crippen molar-refractivity contribution >= 4 is 34.1 Å². The van der Waals surface area contributed by atoms with Crippen molar-refractivity contribution in [2.75, 3.05) is 9.80 Å². The molecule has 2 heteroatoms. The van der Waals surface area contributed by atoms with E-state index in [9.17, 15) is 0 Å². The Labute approximate surface area is 352 Å². The number of rotatable bonds is 17. The van der Waals surface area contributed by atoms with Crippen LogP contribution in [-0.4, -0.2) is 0 Å². The minimum Gasteiger partial charge on any atom is -0.311 e. The van der Waals surface area contributed by atoms with E-state index in [0.29, 0.717) is 11.8 Å². The van der Waals surface area contributed by atoms with Crippen molar-refractivity contribution in [3.8, 4) is 11.1 Å². The van der Waals surface area contributed by atoms with Crippen LogP contribution in [0.4, 0.5) is 34.1 Å². The van der Waals surface area contributed by atoms with Gasteiger partial charge in [-0.25, -0.2) is 0 Å². The molecule has 0 saturated heterocycles. The summed E-state index contributed by atoms with van der Waals surface area (Å²) in [5.74, 6) is 1.08. The van der Waals surface area contributed by atoms with Crippen molar-refractivity contribution in [3.63, 3.8) is 0 Å². The fourth-order valence-corrected chi connectivity index (χ4v) is 8.38. The minimum absolute atomic E-state index is 0.151. The Morgan fingerprint density at radius 2 is 0.690 bits per heavy atom. The fraction of sp³-hybridized carbons (Fsp3) is 0.357. The van der Waals surface area contributed by atoms with Gasteiger partial charge in [0.15, 0.2) is 0 Å². The Morgan fingerprint density at radius 1 is 0.397 bits per heavy atom. The molecular formula is C56H68N2. The Morgan fingerprint density at radius 3 is 0.983 bits per heavy atom. The summed E-state index contributed by atoms with van der Waals surface area (Å²) < 4.78 is 0. The number of hydrogen-bond acceptors (Lipinski definition) is 2. The minimum atomic E-state index is 0.151. The third-order valence-electron chi connectivity index (χ3n) is 13.4. The molecule has 0 amide bonds. The van der Waals surface area contributed by atoms with Gasteiger partial charge in [-0.2, -0.15) is 0 Å². The largest absolute Gasteiger partial charge is 0.311 e. The molecule has 2 atom stereocenters. The summed E-state index contributed by atoms with van der Waals surface area (Å²) in [4.78, 5) is 4.79. The Balaban J connectivity index is 1.32. The molecule has 0 fully saturated rings. The highest BCUT2D eigenvalue weighted by atomic mass is 15.1. The van der Waals surface area contributed by atoms with Gasteiger partial charge in [0, 0.05) is 34.1 Å². The standard InChI is InChI=1S/C56H68N2/c1-11-40-55(8,9)47-24-36-53(37-25-47)57(49-28-16-43(17-29-49)41(6)12-2)51-32-20-45(21-33-51)46-22-34-52(35-23-46)58(50-30-18-44(19-31-50)42(7)13-3)54-38-26-48(27-39-54)56(10,14-4)15-5/h16-39,41-42H,11-15,40H2,1-10H3. The van der Waals surface area contributed by atoms with Crippen LogP contribution in [0.1, 0.15) is 142 Å². The molecule has 6 aromatic rings. The van der Waals surface area contributed by atoms with Gasteiger partial charge in [-0.3, -0.25) is 0 Å². The molecular weight excluding hydrogens is 701 g/mol. The van der Waals surface area contributed by atoms with E-state index < -0.39 is 0 Å². The Hall–Kier alpha value is -5.08. The van der Waals surface area contributed by atoms with Gasteiger partial charge >= 0.3 is 0 Å². The highest BCUT2D eigenvalue weighted by Crippen LogP contribution is 2.41. The summed E-state index contributed by atoms with van der Waals surface area (Å²) in [5, 5.41) is 0. The maximum Gasteiger partial charge on any atom is 0.0462 e. The lowest BCUT2D eigenvalue weighted by atomic mass is 9.78. The van der Waals surface area contributed by atoms with Gasteiger partial charge in [0.05, 0.1) is 0 Å². The van der Waals surface area contributed by atoms with Crippen LogP contribution in [-0.2, 0) is 10.8 Å². The van der Waals surface area contributed by atoms with E-state index in [2.05, 4.69) is 225 Å². The van der Waals surface area contributed by atoms with E-state index in [1.807, 2.05) is 0 Å². The summed E-state index contributed by atoms with van der Waals surface area (Å²) in [6, 6.07) is 55.0. The van der Waals surface area contributed by atoms with Gasteiger partial charge in [-0.15, -0.1) is 0 Å². The van der Waals surface area contributed by atoms with E-state index in [4.69, 9.17) is 0 Å². The van der Waals surface area contributed by atoms with Gasteiger partial charge in [-0.1, -0.05) is 148 Å². The number of hydrogen-bond donors (Lipinski definition) is 0. The maximum atomic E-state index is 2.39. The van der Waals surface area contributed by atoms with Crippen molar-refractivity contribution in [1.82, 2.24) is 0 Å². The molecule has 302 valence electrons. The topological polar surface area (TPSA) is 6.48 Å². The van der Waals surface area contributed by atoms with E-state index in [-0.39, 0.29) is 10.8 Å². The van der Waals surface area contributed by atoms with Crippen LogP contribution in [0.25, 0.3) is 11.1 Å². The molecule has 0 aromatic heterocycles. The monoisotopic (exact) mass is 769 g/mol. The lowest BCUT2D eigenvalue weighted by Gasteiger charge is -2.30. The first-order valence-electron chi connectivity index (χ1n) is 22.2. The summed E-state index contributed by atoms with van der Waals surface area (Å²) in [7, 11) is 0. The smallest absolute Gasteiger partial charge is 0.0462 e. The lowest BCUT2D eigenvalue weighted by Crippen LogP contribution is -2.19. The van der Waals surface area contributed by atoms with Crippen LogP contribution in [0.5, 0.6) is 0 Å². The molecule has 0 radical (unpaired) electrons. The second-order valence-corrected chi connectivity index (χ2v) is 17.6. The van der Waals surface area contributed by atoms with Crippen molar-refractivity contribution in [1.29, 1.82) is 0 Å². The zero-order valence-electron chi connectivity index (χ0n) is 37.1. The highest BCUT2D eigenvalue weighted by molar-refractivity contribution is 5.81. The first-order chi connectivity index (χ1) is 27.9. The predicted octanol–water partition coefficient (Wildman–Crippen LogP) is 17.5. The molecule has 0 heterocycles. The molecule has 58 heavy (non-hydrogen) atoms. The maximum absolute atomic E-state index is 2.39. The third-order valence-corrected chi connectivity index (χ3v) is 13.4. The predicted molar refractivity (Wildman–Crippen MR) is 255 cm³/mol. The van der Waals surface area contributed by atoms with Crippen molar-refractivity contribution in [3.05, 3.63) is 168 Å². The highest BCUT2D eigenvalue weighted by Gasteiger charge is 2.24. The van der Waals surface area contributed by atoms with Crippen molar-refractivity contribution < 1.29 is 0 Å². The molecule has 6 rings (SSSR count). The van der Waals surface area contributed by atoms with Gasteiger partial charge in [0.1, 0.15) is 0 Å². The first kappa shape index (κ1) is 42.5. The lowest BCUT2D eigenvalue weighted by molar-refractivity contribution is 0.439. The fourth-order valence-electron chi connectivity index (χ4n) is 8.38. The zero-order valence-corrected chi connectivity index (χ0v) is 37.1. The SMILES string of the molecule is CCCC(C)(C)c1ccc(N(c2ccc(-c3ccc(N(c4ccc(C(C)CC)cc4)c4ccc(C(C)(CC)CC)cc4)cc3)cc2)c2ccc(C(C)CC)cc2)cc1. The van der Waals surface area contributed by atoms with Gasteiger partial charge in [0.2, 0.25) is 0 Å². The third kappa shape index (κ3) is 9.28. The summed E-state index contributed by atoms with van der Waals surface area (Å²) in [6.07, 6.45) is 6.86. The molecule has 0 aliphatic carbocycles. The van der Waals surface area contributed by atoms with Crippen LogP contribution in [0.3, 0.4) is 0 Å². The summed E-state index contributed by atoms with van der Waals surface area (Å²) in [5.41, 5.74) is 15.3. The van der Waals surface area contributed by atoms with E-state index in [1.54, 1.807) is 0 Å². The van der Waals surface area contributed by atoms with E-state index in [0.717, 1.165) is 37.1 Å². The summed E-state index contributed by atoms with van der Waals surface area (Å²) >= 11 is 0. The van der Waals surface area contributed by atoms with Crippen LogP contribution < -0.4 is 9.80 Å². The molecule has 0 N–H and O–H groups in total. The molecule has 6 aromatic carbocycles. The zero-order chi connectivity index (χ0) is 41.5. The molecule has 0 aliphatic rings. The number of anilines is 6. The van der Waals surface area contributed by atoms with Crippen LogP contribution in [0.2, 0.25) is 0 Å². The molecule has 0 bridgehead atoms. The van der Waals surface area contributed by atoms with Crippen LogP contribution >= 0.6 is 0 Å². The van der Waals surface area contributed by atoms with Crippen LogP contribution in [0, 0.1) is 0 Å². The summed E-state index contributed by atoms with van der Waals surface area (Å²) in [6.45, 7) is 23.1. The van der Waals surface area contributed by atoms with Crippen molar-refractivity contribution in [2.45, 2.75) is 130 Å². The molecule has 0 spiro atoms. The van der Waals surface area contributed by atoms with Crippen molar-refractivity contribution in [2.24, 2.45) is 0 Å². The Bertz CT molecular complexity index is 2150. The first-order valence-corrected chi connectivity index (χ1v) is 22.2. The number of nitrogens with zero attached hydrogens (tertiary/aromatic N) is 2. The van der Waals surface area contributed by atoms with Gasteiger partial charge in [-0.05, 0) is 161 Å². The quantitative estimate of drug-likeness (QED) is 0.0912. The molecule has 0 saturated carbocycles. The normalized spacial score (nSPS) is 12.9. The molecule has 2 unspecified atom stereocenters.